The minimum absolute atomic E-state index is 0.206. The monoisotopic (exact) mass is 388 g/mol. The third kappa shape index (κ3) is 5.87. The van der Waals surface area contributed by atoms with E-state index < -0.39 is 0 Å². The molecule has 0 radical (unpaired) electrons. The molecule has 148 valence electrons. The van der Waals surface area contributed by atoms with E-state index in [1.54, 1.807) is 13.2 Å². The SMILES string of the molecule is CCOc1cc(/C=C/C(=O)Nc2ccc(Nc3ccccc3)cc2)ccc1OC. The van der Waals surface area contributed by atoms with Gasteiger partial charge in [0.25, 0.3) is 0 Å². The lowest BCUT2D eigenvalue weighted by Gasteiger charge is -2.09. The van der Waals surface area contributed by atoms with Crippen LogP contribution in [0.5, 0.6) is 11.5 Å². The number of anilines is 3. The molecular formula is C24H24N2O3. The van der Waals surface area contributed by atoms with Gasteiger partial charge in [-0.15, -0.1) is 0 Å². The Hall–Kier alpha value is -3.73. The molecule has 0 aromatic heterocycles. The number of carbonyl (C=O) groups excluding carboxylic acids is 1. The summed E-state index contributed by atoms with van der Waals surface area (Å²) >= 11 is 0. The molecule has 0 unspecified atom stereocenters. The van der Waals surface area contributed by atoms with Crippen molar-refractivity contribution in [3.63, 3.8) is 0 Å². The fraction of sp³-hybridized carbons (Fsp3) is 0.125. The Bertz CT molecular complexity index is 967. The molecule has 0 saturated heterocycles. The Morgan fingerprint density at radius 1 is 0.897 bits per heavy atom. The first-order valence-electron chi connectivity index (χ1n) is 9.40. The summed E-state index contributed by atoms with van der Waals surface area (Å²) in [7, 11) is 1.60. The van der Waals surface area contributed by atoms with Crippen molar-refractivity contribution < 1.29 is 14.3 Å². The van der Waals surface area contributed by atoms with E-state index in [1.165, 1.54) is 6.08 Å². The average Bonchev–Trinajstić information content (AvgIpc) is 2.75. The fourth-order valence-corrected chi connectivity index (χ4v) is 2.75. The summed E-state index contributed by atoms with van der Waals surface area (Å²) in [5, 5.41) is 6.16. The van der Waals surface area contributed by atoms with Gasteiger partial charge in [0.2, 0.25) is 5.91 Å². The van der Waals surface area contributed by atoms with Crippen molar-refractivity contribution in [3.8, 4) is 11.5 Å². The molecule has 5 heteroatoms. The molecule has 1 amide bonds. The minimum Gasteiger partial charge on any atom is -0.493 e. The van der Waals surface area contributed by atoms with Crippen molar-refractivity contribution in [2.75, 3.05) is 24.4 Å². The maximum Gasteiger partial charge on any atom is 0.248 e. The van der Waals surface area contributed by atoms with E-state index in [0.29, 0.717) is 18.1 Å². The summed E-state index contributed by atoms with van der Waals surface area (Å²) in [6, 6.07) is 23.0. The van der Waals surface area contributed by atoms with E-state index in [1.807, 2.05) is 79.7 Å². The minimum atomic E-state index is -0.206. The Morgan fingerprint density at radius 2 is 1.59 bits per heavy atom. The zero-order valence-electron chi connectivity index (χ0n) is 16.5. The molecule has 29 heavy (non-hydrogen) atoms. The van der Waals surface area contributed by atoms with Gasteiger partial charge < -0.3 is 20.1 Å². The van der Waals surface area contributed by atoms with E-state index in [4.69, 9.17) is 9.47 Å². The molecule has 0 fully saturated rings. The van der Waals surface area contributed by atoms with Gasteiger partial charge in [0.15, 0.2) is 11.5 Å². The number of amides is 1. The maximum atomic E-state index is 12.2. The lowest BCUT2D eigenvalue weighted by atomic mass is 10.2. The van der Waals surface area contributed by atoms with Gasteiger partial charge in [-0.25, -0.2) is 0 Å². The smallest absolute Gasteiger partial charge is 0.248 e. The van der Waals surface area contributed by atoms with E-state index in [2.05, 4.69) is 10.6 Å². The maximum absolute atomic E-state index is 12.2. The molecule has 0 atom stereocenters. The molecule has 0 aliphatic heterocycles. The molecule has 3 aromatic carbocycles. The normalized spacial score (nSPS) is 10.6. The standard InChI is InChI=1S/C24H24N2O3/c1-3-29-23-17-18(9-15-22(23)28-2)10-16-24(27)26-21-13-11-20(12-14-21)25-19-7-5-4-6-8-19/h4-17,25H,3H2,1-2H3,(H,26,27)/b16-10+. The lowest BCUT2D eigenvalue weighted by Crippen LogP contribution is -2.07. The zero-order valence-corrected chi connectivity index (χ0v) is 16.5. The molecule has 2 N–H and O–H groups in total. The fourth-order valence-electron chi connectivity index (χ4n) is 2.75. The highest BCUT2D eigenvalue weighted by molar-refractivity contribution is 6.02. The second-order valence-corrected chi connectivity index (χ2v) is 6.23. The molecule has 0 spiro atoms. The van der Waals surface area contributed by atoms with Crippen LogP contribution >= 0.6 is 0 Å². The summed E-state index contributed by atoms with van der Waals surface area (Å²) in [6.45, 7) is 2.45. The Labute approximate surface area is 171 Å². The number of benzene rings is 3. The van der Waals surface area contributed by atoms with Gasteiger partial charge >= 0.3 is 0 Å². The average molecular weight is 388 g/mol. The van der Waals surface area contributed by atoms with E-state index in [0.717, 1.165) is 22.6 Å². The van der Waals surface area contributed by atoms with Crippen LogP contribution in [0.25, 0.3) is 6.08 Å². The number of nitrogens with one attached hydrogen (secondary N) is 2. The molecule has 3 aromatic rings. The first-order chi connectivity index (χ1) is 14.2. The van der Waals surface area contributed by atoms with Crippen LogP contribution in [-0.4, -0.2) is 19.6 Å². The largest absolute Gasteiger partial charge is 0.493 e. The molecule has 3 rings (SSSR count). The molecule has 0 saturated carbocycles. The summed E-state index contributed by atoms with van der Waals surface area (Å²) in [5.41, 5.74) is 3.54. The number of para-hydroxylation sites is 1. The number of rotatable bonds is 8. The molecule has 0 aliphatic rings. The van der Waals surface area contributed by atoms with Crippen molar-refractivity contribution >= 4 is 29.0 Å². The van der Waals surface area contributed by atoms with Crippen molar-refractivity contribution in [2.24, 2.45) is 0 Å². The number of hydrogen-bond donors (Lipinski definition) is 2. The second-order valence-electron chi connectivity index (χ2n) is 6.23. The van der Waals surface area contributed by atoms with Crippen molar-refractivity contribution in [1.29, 1.82) is 0 Å². The van der Waals surface area contributed by atoms with Crippen LogP contribution < -0.4 is 20.1 Å². The quantitative estimate of drug-likeness (QED) is 0.501. The van der Waals surface area contributed by atoms with Crippen molar-refractivity contribution in [3.05, 3.63) is 84.4 Å². The van der Waals surface area contributed by atoms with Crippen molar-refractivity contribution in [2.45, 2.75) is 6.92 Å². The Morgan fingerprint density at radius 3 is 2.28 bits per heavy atom. The molecular weight excluding hydrogens is 364 g/mol. The van der Waals surface area contributed by atoms with Crippen LogP contribution in [0, 0.1) is 0 Å². The third-order valence-corrected chi connectivity index (χ3v) is 4.13. The van der Waals surface area contributed by atoms with Gasteiger partial charge in [-0.1, -0.05) is 24.3 Å². The molecule has 5 nitrogen and oxygen atoms in total. The van der Waals surface area contributed by atoms with Gasteiger partial charge in [0, 0.05) is 23.1 Å². The summed E-state index contributed by atoms with van der Waals surface area (Å²) < 4.78 is 10.8. The van der Waals surface area contributed by atoms with Crippen LogP contribution in [0.15, 0.2) is 78.9 Å². The first-order valence-corrected chi connectivity index (χ1v) is 9.40. The summed E-state index contributed by atoms with van der Waals surface area (Å²) in [5.74, 6) is 1.11. The topological polar surface area (TPSA) is 59.6 Å². The van der Waals surface area contributed by atoms with Gasteiger partial charge in [-0.2, -0.15) is 0 Å². The molecule has 0 bridgehead atoms. The van der Waals surface area contributed by atoms with Crippen LogP contribution in [0.4, 0.5) is 17.1 Å². The summed E-state index contributed by atoms with van der Waals surface area (Å²) in [4.78, 5) is 12.2. The zero-order chi connectivity index (χ0) is 20.5. The van der Waals surface area contributed by atoms with Gasteiger partial charge in [-0.05, 0) is 67.1 Å². The van der Waals surface area contributed by atoms with E-state index in [-0.39, 0.29) is 5.91 Å². The van der Waals surface area contributed by atoms with E-state index >= 15 is 0 Å². The lowest BCUT2D eigenvalue weighted by molar-refractivity contribution is -0.111. The predicted octanol–water partition coefficient (Wildman–Crippen LogP) is 5.49. The van der Waals surface area contributed by atoms with E-state index in [9.17, 15) is 4.79 Å². The van der Waals surface area contributed by atoms with Gasteiger partial charge in [-0.3, -0.25) is 4.79 Å². The highest BCUT2D eigenvalue weighted by Gasteiger charge is 2.04. The van der Waals surface area contributed by atoms with Crippen LogP contribution in [0.3, 0.4) is 0 Å². The highest BCUT2D eigenvalue weighted by atomic mass is 16.5. The van der Waals surface area contributed by atoms with Gasteiger partial charge in [0.05, 0.1) is 13.7 Å². The molecule has 0 aliphatic carbocycles. The highest BCUT2D eigenvalue weighted by Crippen LogP contribution is 2.28. The van der Waals surface area contributed by atoms with Crippen LogP contribution in [0.2, 0.25) is 0 Å². The number of ether oxygens (including phenoxy) is 2. The number of methoxy groups -OCH3 is 1. The summed E-state index contributed by atoms with van der Waals surface area (Å²) in [6.07, 6.45) is 3.23. The van der Waals surface area contributed by atoms with Gasteiger partial charge in [0.1, 0.15) is 0 Å². The van der Waals surface area contributed by atoms with Crippen LogP contribution in [-0.2, 0) is 4.79 Å². The van der Waals surface area contributed by atoms with Crippen LogP contribution in [0.1, 0.15) is 12.5 Å². The number of hydrogen-bond acceptors (Lipinski definition) is 4. The third-order valence-electron chi connectivity index (χ3n) is 4.13. The Kier molecular flexibility index (Phi) is 6.90. The predicted molar refractivity (Wildman–Crippen MR) is 118 cm³/mol. The molecule has 0 heterocycles. The van der Waals surface area contributed by atoms with Crippen molar-refractivity contribution in [1.82, 2.24) is 0 Å². The first kappa shape index (κ1) is 20.0. The number of carbonyl (C=O) groups is 1. The Balaban J connectivity index is 1.59. The second kappa shape index (κ2) is 9.99.